The lowest BCUT2D eigenvalue weighted by molar-refractivity contribution is -0.123. The van der Waals surface area contributed by atoms with E-state index >= 15 is 0 Å². The van der Waals surface area contributed by atoms with Crippen molar-refractivity contribution in [3.05, 3.63) is 22.4 Å². The largest absolute Gasteiger partial charge is 0.352 e. The van der Waals surface area contributed by atoms with Crippen molar-refractivity contribution in [2.24, 2.45) is 0 Å². The Balaban J connectivity index is 1.67. The highest BCUT2D eigenvalue weighted by molar-refractivity contribution is 7.07. The van der Waals surface area contributed by atoms with E-state index in [1.807, 2.05) is 0 Å². The van der Waals surface area contributed by atoms with Gasteiger partial charge in [-0.15, -0.1) is 0 Å². The van der Waals surface area contributed by atoms with Crippen LogP contribution in [-0.4, -0.2) is 61.0 Å². The summed E-state index contributed by atoms with van der Waals surface area (Å²) in [5.41, 5.74) is 1.30. The molecular formula is C15H25N3OS. The zero-order valence-electron chi connectivity index (χ0n) is 12.5. The van der Waals surface area contributed by atoms with Crippen LogP contribution in [0.2, 0.25) is 0 Å². The smallest absolute Gasteiger partial charge is 0.234 e. The first-order chi connectivity index (χ1) is 9.67. The molecule has 0 bridgehead atoms. The van der Waals surface area contributed by atoms with Gasteiger partial charge in [0.15, 0.2) is 0 Å². The molecule has 1 unspecified atom stereocenters. The second-order valence-electron chi connectivity index (χ2n) is 5.51. The van der Waals surface area contributed by atoms with Gasteiger partial charge in [-0.1, -0.05) is 6.92 Å². The molecule has 4 nitrogen and oxygen atoms in total. The van der Waals surface area contributed by atoms with E-state index in [0.29, 0.717) is 6.54 Å². The molecule has 1 aliphatic rings. The monoisotopic (exact) mass is 295 g/mol. The summed E-state index contributed by atoms with van der Waals surface area (Å²) in [6, 6.07) is 2.33. The Kier molecular flexibility index (Phi) is 6.01. The molecule has 5 heteroatoms. The van der Waals surface area contributed by atoms with E-state index in [0.717, 1.165) is 39.1 Å². The first kappa shape index (κ1) is 15.5. The van der Waals surface area contributed by atoms with Gasteiger partial charge < -0.3 is 10.2 Å². The van der Waals surface area contributed by atoms with Crippen molar-refractivity contribution in [1.29, 1.82) is 0 Å². The summed E-state index contributed by atoms with van der Waals surface area (Å²) in [4.78, 5) is 16.7. The number of piperazine rings is 1. The fourth-order valence-corrected chi connectivity index (χ4v) is 3.28. The Morgan fingerprint density at radius 2 is 2.05 bits per heavy atom. The van der Waals surface area contributed by atoms with Crippen LogP contribution in [0.5, 0.6) is 0 Å². The predicted molar refractivity (Wildman–Crippen MR) is 84.2 cm³/mol. The Labute approximate surface area is 125 Å². The summed E-state index contributed by atoms with van der Waals surface area (Å²) in [6.45, 7) is 10.1. The third-order valence-electron chi connectivity index (χ3n) is 3.81. The van der Waals surface area contributed by atoms with Crippen LogP contribution in [0.15, 0.2) is 16.8 Å². The van der Waals surface area contributed by atoms with Crippen LogP contribution in [-0.2, 0) is 11.2 Å². The lowest BCUT2D eigenvalue weighted by Gasteiger charge is -2.33. The molecule has 1 aromatic rings. The Morgan fingerprint density at radius 3 is 2.65 bits per heavy atom. The molecule has 1 amide bonds. The van der Waals surface area contributed by atoms with Crippen molar-refractivity contribution >= 4 is 17.2 Å². The maximum Gasteiger partial charge on any atom is 0.234 e. The van der Waals surface area contributed by atoms with Crippen molar-refractivity contribution in [2.75, 3.05) is 39.3 Å². The van der Waals surface area contributed by atoms with Crippen molar-refractivity contribution < 1.29 is 4.79 Å². The third-order valence-corrected chi connectivity index (χ3v) is 4.54. The van der Waals surface area contributed by atoms with E-state index in [1.165, 1.54) is 5.56 Å². The predicted octanol–water partition coefficient (Wildman–Crippen LogP) is 1.43. The van der Waals surface area contributed by atoms with Gasteiger partial charge in [0.2, 0.25) is 5.91 Å². The Hall–Kier alpha value is -0.910. The molecule has 0 aliphatic carbocycles. The summed E-state index contributed by atoms with van der Waals surface area (Å²) in [7, 11) is 0. The number of thiophene rings is 1. The van der Waals surface area contributed by atoms with Gasteiger partial charge in [-0.2, -0.15) is 11.3 Å². The number of amides is 1. The first-order valence-corrected chi connectivity index (χ1v) is 8.36. The van der Waals surface area contributed by atoms with Crippen molar-refractivity contribution in [2.45, 2.75) is 26.3 Å². The van der Waals surface area contributed by atoms with Gasteiger partial charge in [-0.3, -0.25) is 9.69 Å². The molecule has 1 atom stereocenters. The van der Waals surface area contributed by atoms with Gasteiger partial charge in [-0.05, 0) is 42.3 Å². The van der Waals surface area contributed by atoms with E-state index < -0.39 is 0 Å². The number of carbonyl (C=O) groups is 1. The van der Waals surface area contributed by atoms with Crippen molar-refractivity contribution in [1.82, 2.24) is 15.1 Å². The van der Waals surface area contributed by atoms with Gasteiger partial charge in [0, 0.05) is 32.2 Å². The molecule has 1 aliphatic heterocycles. The molecule has 1 fully saturated rings. The number of nitrogens with one attached hydrogen (secondary N) is 1. The average Bonchev–Trinajstić information content (AvgIpc) is 2.92. The zero-order valence-corrected chi connectivity index (χ0v) is 13.3. The molecular weight excluding hydrogens is 270 g/mol. The SMILES string of the molecule is CCN1CCN(CC(=O)NC(C)Cc2ccsc2)CC1. The molecule has 1 aromatic heterocycles. The summed E-state index contributed by atoms with van der Waals surface area (Å²) in [5, 5.41) is 7.33. The van der Waals surface area contributed by atoms with Crippen LogP contribution in [0.25, 0.3) is 0 Å². The van der Waals surface area contributed by atoms with E-state index in [9.17, 15) is 4.79 Å². The third kappa shape index (κ3) is 4.89. The molecule has 0 spiro atoms. The number of hydrogen-bond acceptors (Lipinski definition) is 4. The maximum absolute atomic E-state index is 12.0. The second-order valence-corrected chi connectivity index (χ2v) is 6.29. The van der Waals surface area contributed by atoms with Crippen LogP contribution in [0.4, 0.5) is 0 Å². The fraction of sp³-hybridized carbons (Fsp3) is 0.667. The summed E-state index contributed by atoms with van der Waals surface area (Å²) < 4.78 is 0. The van der Waals surface area contributed by atoms with Gasteiger partial charge in [0.05, 0.1) is 6.54 Å². The molecule has 112 valence electrons. The van der Waals surface area contributed by atoms with Crippen LogP contribution < -0.4 is 5.32 Å². The van der Waals surface area contributed by atoms with Crippen molar-refractivity contribution in [3.63, 3.8) is 0 Å². The molecule has 2 rings (SSSR count). The van der Waals surface area contributed by atoms with E-state index in [-0.39, 0.29) is 11.9 Å². The molecule has 1 N–H and O–H groups in total. The highest BCUT2D eigenvalue weighted by Gasteiger charge is 2.18. The van der Waals surface area contributed by atoms with Gasteiger partial charge in [0.25, 0.3) is 0 Å². The summed E-state index contributed by atoms with van der Waals surface area (Å²) >= 11 is 1.71. The highest BCUT2D eigenvalue weighted by Crippen LogP contribution is 2.08. The summed E-state index contributed by atoms with van der Waals surface area (Å²) in [6.07, 6.45) is 0.916. The standard InChI is InChI=1S/C15H25N3OS/c1-3-17-5-7-18(8-6-17)11-15(19)16-13(2)10-14-4-9-20-12-14/h4,9,12-13H,3,5-8,10-11H2,1-2H3,(H,16,19). The number of hydrogen-bond donors (Lipinski definition) is 1. The van der Waals surface area contributed by atoms with E-state index in [1.54, 1.807) is 11.3 Å². The number of nitrogens with zero attached hydrogens (tertiary/aromatic N) is 2. The van der Waals surface area contributed by atoms with Crippen molar-refractivity contribution in [3.8, 4) is 0 Å². The maximum atomic E-state index is 12.0. The number of carbonyl (C=O) groups excluding carboxylic acids is 1. The molecule has 20 heavy (non-hydrogen) atoms. The first-order valence-electron chi connectivity index (χ1n) is 7.42. The Morgan fingerprint density at radius 1 is 1.35 bits per heavy atom. The van der Waals surface area contributed by atoms with Gasteiger partial charge in [0.1, 0.15) is 0 Å². The number of likely N-dealkylation sites (N-methyl/N-ethyl adjacent to an activating group) is 1. The Bertz CT molecular complexity index is 399. The lowest BCUT2D eigenvalue weighted by Crippen LogP contribution is -2.50. The van der Waals surface area contributed by atoms with E-state index in [4.69, 9.17) is 0 Å². The van der Waals surface area contributed by atoms with Crippen LogP contribution in [0.3, 0.4) is 0 Å². The van der Waals surface area contributed by atoms with Gasteiger partial charge in [-0.25, -0.2) is 0 Å². The van der Waals surface area contributed by atoms with Crippen LogP contribution >= 0.6 is 11.3 Å². The minimum absolute atomic E-state index is 0.151. The quantitative estimate of drug-likeness (QED) is 0.862. The van der Waals surface area contributed by atoms with Crippen LogP contribution in [0, 0.1) is 0 Å². The zero-order chi connectivity index (χ0) is 14.4. The van der Waals surface area contributed by atoms with E-state index in [2.05, 4.69) is 45.8 Å². The average molecular weight is 295 g/mol. The molecule has 0 aromatic carbocycles. The molecule has 0 radical (unpaired) electrons. The minimum Gasteiger partial charge on any atom is -0.352 e. The fourth-order valence-electron chi connectivity index (χ4n) is 2.60. The highest BCUT2D eigenvalue weighted by atomic mass is 32.1. The van der Waals surface area contributed by atoms with Crippen LogP contribution in [0.1, 0.15) is 19.4 Å². The topological polar surface area (TPSA) is 35.6 Å². The molecule has 0 saturated carbocycles. The normalized spacial score (nSPS) is 18.9. The number of rotatable bonds is 6. The molecule has 2 heterocycles. The second kappa shape index (κ2) is 7.76. The van der Waals surface area contributed by atoms with Gasteiger partial charge >= 0.3 is 0 Å². The lowest BCUT2D eigenvalue weighted by atomic mass is 10.1. The molecule has 1 saturated heterocycles. The minimum atomic E-state index is 0.151. The summed E-state index contributed by atoms with van der Waals surface area (Å²) in [5.74, 6) is 0.151.